The van der Waals surface area contributed by atoms with E-state index < -0.39 is 0 Å². The number of hydrogen-bond donors (Lipinski definition) is 0. The molecule has 0 aromatic heterocycles. The van der Waals surface area contributed by atoms with Crippen LogP contribution < -0.4 is 4.90 Å². The number of aryl methyl sites for hydroxylation is 1. The van der Waals surface area contributed by atoms with Gasteiger partial charge in [0, 0.05) is 12.7 Å². The lowest BCUT2D eigenvalue weighted by atomic mass is 10.1. The average Bonchev–Trinajstić information content (AvgIpc) is 2.33. The number of carbonyl (C=O) groups is 1. The summed E-state index contributed by atoms with van der Waals surface area (Å²) in [4.78, 5) is 13.2. The number of methoxy groups -OCH3 is 1. The van der Waals surface area contributed by atoms with Gasteiger partial charge in [-0.2, -0.15) is 0 Å². The second kappa shape index (κ2) is 6.84. The van der Waals surface area contributed by atoms with Gasteiger partial charge in [0.2, 0.25) is 5.91 Å². The van der Waals surface area contributed by atoms with Crippen molar-refractivity contribution >= 4 is 34.8 Å². The standard InChI is InChI=1S/C12H15Cl2NO2/c1-9-4-3-5-10(7-17-2)12(9)15(8-14)11(16)6-13/h3-5H,6-8H2,1-2H3. The third-order valence-corrected chi connectivity index (χ3v) is 2.89. The van der Waals surface area contributed by atoms with Crippen molar-refractivity contribution in [1.29, 1.82) is 0 Å². The summed E-state index contributed by atoms with van der Waals surface area (Å²) in [7, 11) is 1.61. The fraction of sp³-hybridized carbons (Fsp3) is 0.417. The molecular formula is C12H15Cl2NO2. The Morgan fingerprint density at radius 1 is 1.41 bits per heavy atom. The van der Waals surface area contributed by atoms with Crippen LogP contribution in [0, 0.1) is 6.92 Å². The Kier molecular flexibility index (Phi) is 5.75. The summed E-state index contributed by atoms with van der Waals surface area (Å²) in [5.74, 6) is -0.304. The average molecular weight is 276 g/mol. The molecule has 0 atom stereocenters. The Hall–Kier alpha value is -0.770. The number of hydrogen-bond acceptors (Lipinski definition) is 2. The number of para-hydroxylation sites is 1. The number of rotatable bonds is 5. The van der Waals surface area contributed by atoms with Gasteiger partial charge in [0.15, 0.2) is 0 Å². The number of benzene rings is 1. The highest BCUT2D eigenvalue weighted by Crippen LogP contribution is 2.26. The molecule has 3 nitrogen and oxygen atoms in total. The molecule has 0 fully saturated rings. The van der Waals surface area contributed by atoms with Crippen LogP contribution in [0.4, 0.5) is 5.69 Å². The van der Waals surface area contributed by atoms with Crippen molar-refractivity contribution in [2.24, 2.45) is 0 Å². The minimum absolute atomic E-state index is 0.0765. The van der Waals surface area contributed by atoms with Crippen molar-refractivity contribution < 1.29 is 9.53 Å². The molecule has 0 unspecified atom stereocenters. The van der Waals surface area contributed by atoms with Gasteiger partial charge in [-0.1, -0.05) is 18.2 Å². The number of ether oxygens (including phenoxy) is 1. The van der Waals surface area contributed by atoms with E-state index in [4.69, 9.17) is 27.9 Å². The molecule has 0 aliphatic rings. The van der Waals surface area contributed by atoms with Crippen LogP contribution >= 0.6 is 23.2 Å². The summed E-state index contributed by atoms with van der Waals surface area (Å²) < 4.78 is 5.12. The van der Waals surface area contributed by atoms with Gasteiger partial charge in [0.1, 0.15) is 11.9 Å². The minimum Gasteiger partial charge on any atom is -0.380 e. The van der Waals surface area contributed by atoms with Gasteiger partial charge in [0.05, 0.1) is 12.3 Å². The predicted octanol–water partition coefficient (Wildman–Crippen LogP) is 2.91. The van der Waals surface area contributed by atoms with Crippen molar-refractivity contribution in [3.05, 3.63) is 29.3 Å². The first-order valence-electron chi connectivity index (χ1n) is 5.15. The van der Waals surface area contributed by atoms with Crippen molar-refractivity contribution in [3.63, 3.8) is 0 Å². The number of carbonyl (C=O) groups excluding carboxylic acids is 1. The molecule has 1 aromatic rings. The van der Waals surface area contributed by atoms with Gasteiger partial charge in [-0.3, -0.25) is 9.69 Å². The van der Waals surface area contributed by atoms with Crippen LogP contribution in [0.1, 0.15) is 11.1 Å². The summed E-state index contributed by atoms with van der Waals surface area (Å²) in [6.45, 7) is 2.36. The molecule has 0 aliphatic heterocycles. The first-order chi connectivity index (χ1) is 8.15. The smallest absolute Gasteiger partial charge is 0.242 e. The first-order valence-corrected chi connectivity index (χ1v) is 6.22. The van der Waals surface area contributed by atoms with Crippen molar-refractivity contribution in [3.8, 4) is 0 Å². The second-order valence-electron chi connectivity index (χ2n) is 3.59. The van der Waals surface area contributed by atoms with Crippen LogP contribution in [-0.2, 0) is 16.1 Å². The molecule has 0 N–H and O–H groups in total. The summed E-state index contributed by atoms with van der Waals surface area (Å²) in [5, 5.41) is 0. The monoisotopic (exact) mass is 275 g/mol. The molecule has 0 bridgehead atoms. The molecule has 0 saturated heterocycles. The molecule has 17 heavy (non-hydrogen) atoms. The maximum Gasteiger partial charge on any atom is 0.242 e. The first kappa shape index (κ1) is 14.3. The molecule has 0 heterocycles. The SMILES string of the molecule is COCc1cccc(C)c1N(CCl)C(=O)CCl. The van der Waals surface area contributed by atoms with Gasteiger partial charge in [0.25, 0.3) is 0 Å². The van der Waals surface area contributed by atoms with Crippen molar-refractivity contribution in [2.45, 2.75) is 13.5 Å². The molecule has 1 rings (SSSR count). The fourth-order valence-corrected chi connectivity index (χ4v) is 2.10. The van der Waals surface area contributed by atoms with E-state index in [9.17, 15) is 4.79 Å². The molecule has 0 spiro atoms. The highest BCUT2D eigenvalue weighted by molar-refractivity contribution is 6.31. The number of halogens is 2. The summed E-state index contributed by atoms with van der Waals surface area (Å²) >= 11 is 11.4. The van der Waals surface area contributed by atoms with Crippen LogP contribution in [0.25, 0.3) is 0 Å². The number of anilines is 1. The zero-order valence-corrected chi connectivity index (χ0v) is 11.4. The summed E-state index contributed by atoms with van der Waals surface area (Å²) in [5.41, 5.74) is 2.68. The minimum atomic E-state index is -0.215. The van der Waals surface area contributed by atoms with E-state index in [0.717, 1.165) is 16.8 Å². The molecule has 0 aliphatic carbocycles. The predicted molar refractivity (Wildman–Crippen MR) is 70.8 cm³/mol. The normalized spacial score (nSPS) is 10.4. The molecule has 1 aromatic carbocycles. The van der Waals surface area contributed by atoms with E-state index in [1.165, 1.54) is 4.90 Å². The second-order valence-corrected chi connectivity index (χ2v) is 4.10. The summed E-state index contributed by atoms with van der Waals surface area (Å²) in [6, 6.07) is 5.83. The van der Waals surface area contributed by atoms with Gasteiger partial charge in [-0.15, -0.1) is 23.2 Å². The van der Waals surface area contributed by atoms with Crippen LogP contribution in [0.15, 0.2) is 18.2 Å². The Morgan fingerprint density at radius 2 is 2.12 bits per heavy atom. The van der Waals surface area contributed by atoms with E-state index in [1.807, 2.05) is 25.1 Å². The third kappa shape index (κ3) is 3.35. The molecule has 94 valence electrons. The molecule has 0 radical (unpaired) electrons. The number of nitrogens with zero attached hydrogens (tertiary/aromatic N) is 1. The van der Waals surface area contributed by atoms with Gasteiger partial charge in [-0.05, 0) is 12.5 Å². The van der Waals surface area contributed by atoms with Crippen molar-refractivity contribution in [1.82, 2.24) is 0 Å². The molecule has 5 heteroatoms. The zero-order chi connectivity index (χ0) is 12.8. The molecular weight excluding hydrogens is 261 g/mol. The highest BCUT2D eigenvalue weighted by atomic mass is 35.5. The fourth-order valence-electron chi connectivity index (χ4n) is 1.70. The molecule has 1 amide bonds. The van der Waals surface area contributed by atoms with E-state index in [0.29, 0.717) is 6.61 Å². The lowest BCUT2D eigenvalue weighted by Gasteiger charge is -2.24. The number of amides is 1. The van der Waals surface area contributed by atoms with Gasteiger partial charge < -0.3 is 4.74 Å². The quantitative estimate of drug-likeness (QED) is 0.611. The van der Waals surface area contributed by atoms with Crippen LogP contribution in [-0.4, -0.2) is 24.9 Å². The third-order valence-electron chi connectivity index (χ3n) is 2.43. The maximum absolute atomic E-state index is 11.7. The lowest BCUT2D eigenvalue weighted by Crippen LogP contribution is -2.32. The maximum atomic E-state index is 11.7. The van der Waals surface area contributed by atoms with Gasteiger partial charge in [-0.25, -0.2) is 0 Å². The largest absolute Gasteiger partial charge is 0.380 e. The molecule has 0 saturated carbocycles. The Labute approximate surface area is 111 Å². The van der Waals surface area contributed by atoms with E-state index in [-0.39, 0.29) is 17.8 Å². The Morgan fingerprint density at radius 3 is 2.65 bits per heavy atom. The van der Waals surface area contributed by atoms with Crippen molar-refractivity contribution in [2.75, 3.05) is 23.9 Å². The van der Waals surface area contributed by atoms with Crippen LogP contribution in [0.5, 0.6) is 0 Å². The Balaban J connectivity index is 3.20. The van der Waals surface area contributed by atoms with Crippen LogP contribution in [0.2, 0.25) is 0 Å². The van der Waals surface area contributed by atoms with E-state index in [1.54, 1.807) is 7.11 Å². The number of alkyl halides is 2. The zero-order valence-electron chi connectivity index (χ0n) is 9.87. The van der Waals surface area contributed by atoms with Crippen LogP contribution in [0.3, 0.4) is 0 Å². The highest BCUT2D eigenvalue weighted by Gasteiger charge is 2.18. The lowest BCUT2D eigenvalue weighted by molar-refractivity contribution is -0.116. The topological polar surface area (TPSA) is 29.5 Å². The Bertz CT molecular complexity index is 396. The van der Waals surface area contributed by atoms with E-state index in [2.05, 4.69) is 0 Å². The van der Waals surface area contributed by atoms with E-state index >= 15 is 0 Å². The van der Waals surface area contributed by atoms with Gasteiger partial charge >= 0.3 is 0 Å². The summed E-state index contributed by atoms with van der Waals surface area (Å²) in [6.07, 6.45) is 0.